The lowest BCUT2D eigenvalue weighted by atomic mass is 9.92. The van der Waals surface area contributed by atoms with Crippen LogP contribution in [-0.2, 0) is 30.4 Å². The minimum absolute atomic E-state index is 0.0541. The largest absolute Gasteiger partial charge is 0.488 e. The van der Waals surface area contributed by atoms with Gasteiger partial charge in [-0.25, -0.2) is 19.6 Å². The standard InChI is InChI=1S/C52H52N8O8/c1-29-15-20-41(60(29)50(62)45(58-52(64)67-4)32-13-9-6-10-14-32)47-53-25-40(55-47)34-16-18-36-35(22-34)28-68-43-24-37-33(23-38(36)43)17-19-39-46(37)56-48(54-39)42-21-30(27-65-2)26-59(42)49(61)44(57-51(63)66-3)31-11-7-5-8-12-31/h5-14,16-19,22-25,29-30,41-42,44-45H,15,20-21,26-28H2,1-4H3,(H,53,55)(H,54,56)(H,57,63)(H,58,64)/t29-,30-,41-,42-,44+,45+/m0/s1. The zero-order chi connectivity index (χ0) is 47.1. The molecule has 10 rings (SSSR count). The van der Waals surface area contributed by atoms with Crippen LogP contribution in [0.1, 0.15) is 78.7 Å². The first-order valence-electron chi connectivity index (χ1n) is 22.8. The molecule has 0 aliphatic carbocycles. The molecule has 16 heteroatoms. The van der Waals surface area contributed by atoms with Gasteiger partial charge in [-0.3, -0.25) is 9.59 Å². The van der Waals surface area contributed by atoms with E-state index in [2.05, 4.69) is 50.9 Å². The number of aromatic nitrogens is 4. The number of imidazole rings is 2. The van der Waals surface area contributed by atoms with Crippen LogP contribution in [-0.4, -0.2) is 94.3 Å². The molecule has 2 fully saturated rings. The Hall–Kier alpha value is -7.72. The van der Waals surface area contributed by atoms with E-state index in [4.69, 9.17) is 28.9 Å². The highest BCUT2D eigenvalue weighted by Gasteiger charge is 2.43. The highest BCUT2D eigenvalue weighted by molar-refractivity contribution is 6.07. The lowest BCUT2D eigenvalue weighted by molar-refractivity contribution is -0.136. The van der Waals surface area contributed by atoms with Crippen molar-refractivity contribution in [3.63, 3.8) is 0 Å². The monoisotopic (exact) mass is 916 g/mol. The predicted octanol–water partition coefficient (Wildman–Crippen LogP) is 8.45. The predicted molar refractivity (Wildman–Crippen MR) is 253 cm³/mol. The van der Waals surface area contributed by atoms with Crippen molar-refractivity contribution in [3.05, 3.63) is 138 Å². The van der Waals surface area contributed by atoms with E-state index in [0.717, 1.165) is 61.9 Å². The van der Waals surface area contributed by atoms with Gasteiger partial charge in [-0.15, -0.1) is 0 Å². The fourth-order valence-corrected chi connectivity index (χ4v) is 10.2. The number of hydrogen-bond acceptors (Lipinski definition) is 10. The molecule has 0 bridgehead atoms. The number of likely N-dealkylation sites (tertiary alicyclic amines) is 2. The summed E-state index contributed by atoms with van der Waals surface area (Å²) in [6.45, 7) is 3.26. The van der Waals surface area contributed by atoms with Crippen LogP contribution in [0.3, 0.4) is 0 Å². The van der Waals surface area contributed by atoms with E-state index in [-0.39, 0.29) is 29.8 Å². The summed E-state index contributed by atoms with van der Waals surface area (Å²) < 4.78 is 21.8. The quantitative estimate of drug-likeness (QED) is 0.0979. The van der Waals surface area contributed by atoms with Gasteiger partial charge in [-0.1, -0.05) is 78.9 Å². The summed E-state index contributed by atoms with van der Waals surface area (Å²) in [5, 5.41) is 7.39. The van der Waals surface area contributed by atoms with Crippen molar-refractivity contribution in [1.82, 2.24) is 40.4 Å². The van der Waals surface area contributed by atoms with Crippen molar-refractivity contribution < 1.29 is 38.1 Å². The Morgan fingerprint density at radius 2 is 1.49 bits per heavy atom. The van der Waals surface area contributed by atoms with Gasteiger partial charge < -0.3 is 49.3 Å². The van der Waals surface area contributed by atoms with Gasteiger partial charge >= 0.3 is 12.2 Å². The van der Waals surface area contributed by atoms with E-state index in [1.54, 1.807) is 18.2 Å². The second-order valence-corrected chi connectivity index (χ2v) is 17.7. The average Bonchev–Trinajstić information content (AvgIpc) is 4.20. The molecule has 0 radical (unpaired) electrons. The van der Waals surface area contributed by atoms with Crippen molar-refractivity contribution in [2.45, 2.75) is 63.0 Å². The van der Waals surface area contributed by atoms with Crippen molar-refractivity contribution in [2.75, 3.05) is 34.5 Å². The maximum atomic E-state index is 14.4. The van der Waals surface area contributed by atoms with Crippen LogP contribution in [0.2, 0.25) is 0 Å². The highest BCUT2D eigenvalue weighted by atomic mass is 16.5. The third-order valence-corrected chi connectivity index (χ3v) is 13.6. The van der Waals surface area contributed by atoms with Gasteiger partial charge in [0.15, 0.2) is 0 Å². The van der Waals surface area contributed by atoms with Crippen LogP contribution in [0.15, 0.2) is 109 Å². The first kappa shape index (κ1) is 44.1. The molecule has 7 aromatic rings. The number of fused-ring (bicyclic) bond motifs is 6. The normalized spacial score (nSPS) is 19.5. The van der Waals surface area contributed by atoms with E-state index >= 15 is 0 Å². The van der Waals surface area contributed by atoms with E-state index in [9.17, 15) is 19.2 Å². The van der Waals surface area contributed by atoms with Crippen molar-refractivity contribution in [1.29, 1.82) is 0 Å². The van der Waals surface area contributed by atoms with Gasteiger partial charge in [0.05, 0.1) is 55.8 Å². The van der Waals surface area contributed by atoms with Crippen LogP contribution in [0.5, 0.6) is 5.75 Å². The molecule has 68 heavy (non-hydrogen) atoms. The van der Waals surface area contributed by atoms with Crippen LogP contribution in [0.25, 0.3) is 44.2 Å². The molecule has 5 heterocycles. The number of H-pyrrole nitrogens is 2. The van der Waals surface area contributed by atoms with Crippen LogP contribution in [0.4, 0.5) is 9.59 Å². The summed E-state index contributed by atoms with van der Waals surface area (Å²) in [5.74, 6) is 1.63. The molecule has 2 saturated heterocycles. The smallest absolute Gasteiger partial charge is 0.407 e. The van der Waals surface area contributed by atoms with Gasteiger partial charge in [0.25, 0.3) is 11.8 Å². The summed E-state index contributed by atoms with van der Waals surface area (Å²) in [4.78, 5) is 74.2. The molecule has 4 amide bonds. The molecular weight excluding hydrogens is 865 g/mol. The zero-order valence-electron chi connectivity index (χ0n) is 38.2. The molecule has 5 aromatic carbocycles. The Morgan fingerprint density at radius 1 is 0.779 bits per heavy atom. The number of nitrogens with zero attached hydrogens (tertiary/aromatic N) is 4. The molecule has 6 atom stereocenters. The summed E-state index contributed by atoms with van der Waals surface area (Å²) in [5.41, 5.74) is 7.70. The van der Waals surface area contributed by atoms with Gasteiger partial charge in [0, 0.05) is 36.6 Å². The number of ether oxygens (including phenoxy) is 4. The fourth-order valence-electron chi connectivity index (χ4n) is 10.2. The number of carbonyl (C=O) groups is 4. The first-order valence-corrected chi connectivity index (χ1v) is 22.8. The number of alkyl carbamates (subject to hydrolysis) is 2. The number of methoxy groups -OCH3 is 3. The number of rotatable bonds is 11. The second-order valence-electron chi connectivity index (χ2n) is 17.7. The SMILES string of the molecule is COC[C@H]1C[C@@H](c2nc3c(ccc4cc5c(cc43)OCc3cc(-c4cnc([C@@H]6CC[C@H](C)N6C(=O)[C@H](NC(=O)OC)c6ccccc6)[nH]4)ccc3-5)[nH]2)N(C(=O)[C@H](NC(=O)OC)c2ccccc2)C1. The van der Waals surface area contributed by atoms with Gasteiger partial charge in [0.1, 0.15) is 36.1 Å². The van der Waals surface area contributed by atoms with Crippen LogP contribution < -0.4 is 15.4 Å². The number of hydrogen-bond donors (Lipinski definition) is 4. The van der Waals surface area contributed by atoms with Crippen LogP contribution >= 0.6 is 0 Å². The number of aromatic amines is 2. The molecule has 2 aromatic heterocycles. The number of nitrogens with one attached hydrogen (secondary N) is 4. The maximum Gasteiger partial charge on any atom is 0.407 e. The molecular formula is C52H52N8O8. The molecule has 0 spiro atoms. The van der Waals surface area contributed by atoms with E-state index in [1.165, 1.54) is 14.2 Å². The summed E-state index contributed by atoms with van der Waals surface area (Å²) >= 11 is 0. The zero-order valence-corrected chi connectivity index (χ0v) is 38.2. The molecule has 3 aliphatic heterocycles. The van der Waals surface area contributed by atoms with E-state index in [0.29, 0.717) is 55.4 Å². The molecule has 0 saturated carbocycles. The lowest BCUT2D eigenvalue weighted by Crippen LogP contribution is -2.45. The van der Waals surface area contributed by atoms with Crippen molar-refractivity contribution >= 4 is 45.8 Å². The Balaban J connectivity index is 0.913. The maximum absolute atomic E-state index is 14.4. The third kappa shape index (κ3) is 8.25. The highest BCUT2D eigenvalue weighted by Crippen LogP contribution is 2.44. The van der Waals surface area contributed by atoms with E-state index in [1.807, 2.05) is 84.6 Å². The fraction of sp³-hybridized carbons (Fsp3) is 0.308. The number of carbonyl (C=O) groups excluding carboxylic acids is 4. The van der Waals surface area contributed by atoms with Gasteiger partial charge in [-0.05, 0) is 83.7 Å². The van der Waals surface area contributed by atoms with Crippen molar-refractivity contribution in [3.8, 4) is 28.1 Å². The molecule has 16 nitrogen and oxygen atoms in total. The van der Waals surface area contributed by atoms with E-state index < -0.39 is 30.3 Å². The van der Waals surface area contributed by atoms with Crippen molar-refractivity contribution in [2.24, 2.45) is 5.92 Å². The summed E-state index contributed by atoms with van der Waals surface area (Å²) in [6, 6.07) is 30.2. The Labute approximate surface area is 392 Å². The topological polar surface area (TPSA) is 193 Å². The van der Waals surface area contributed by atoms with Gasteiger partial charge in [0.2, 0.25) is 0 Å². The third-order valence-electron chi connectivity index (χ3n) is 13.6. The van der Waals surface area contributed by atoms with Crippen LogP contribution in [0, 0.1) is 5.92 Å². The Bertz CT molecular complexity index is 3030. The molecule has 0 unspecified atom stereocenters. The van der Waals surface area contributed by atoms with Gasteiger partial charge in [-0.2, -0.15) is 0 Å². The summed E-state index contributed by atoms with van der Waals surface area (Å²) in [6.07, 6.45) is 2.54. The minimum Gasteiger partial charge on any atom is -0.488 e. The Morgan fingerprint density at radius 3 is 2.18 bits per heavy atom. The number of benzene rings is 5. The molecule has 4 N–H and O–H groups in total. The minimum atomic E-state index is -0.959. The average molecular weight is 917 g/mol. The molecule has 3 aliphatic rings. The summed E-state index contributed by atoms with van der Waals surface area (Å²) in [7, 11) is 4.21. The lowest BCUT2D eigenvalue weighted by Gasteiger charge is -2.31. The molecule has 348 valence electrons. The first-order chi connectivity index (χ1) is 33.1. The number of amides is 4. The Kier molecular flexibility index (Phi) is 12.0. The second kappa shape index (κ2) is 18.5.